The minimum Gasteiger partial charge on any atom is -0.497 e. The Morgan fingerprint density at radius 1 is 1.06 bits per heavy atom. The lowest BCUT2D eigenvalue weighted by Gasteiger charge is -2.41. The molecule has 1 N–H and O–H groups in total. The molecule has 0 radical (unpaired) electrons. The zero-order valence-corrected chi connectivity index (χ0v) is 17.4. The highest BCUT2D eigenvalue weighted by Crippen LogP contribution is 2.40. The van der Waals surface area contributed by atoms with Crippen molar-refractivity contribution in [1.29, 1.82) is 0 Å². The van der Waals surface area contributed by atoms with Gasteiger partial charge < -0.3 is 15.0 Å². The molecule has 0 aliphatic carbocycles. The third-order valence-electron chi connectivity index (χ3n) is 5.64. The molecule has 6 nitrogen and oxygen atoms in total. The van der Waals surface area contributed by atoms with Crippen LogP contribution in [-0.2, 0) is 16.1 Å². The maximum absolute atomic E-state index is 13.3. The van der Waals surface area contributed by atoms with E-state index in [1.807, 2.05) is 66.7 Å². The van der Waals surface area contributed by atoms with Crippen molar-refractivity contribution < 1.29 is 14.3 Å². The number of ether oxygens (including phenoxy) is 1. The first-order valence-corrected chi connectivity index (χ1v) is 10.3. The number of piperidine rings is 1. The van der Waals surface area contributed by atoms with Gasteiger partial charge in [0.1, 0.15) is 5.75 Å². The Hall–Kier alpha value is -3.67. The molecule has 2 amide bonds. The van der Waals surface area contributed by atoms with Crippen LogP contribution in [0, 0.1) is 5.92 Å². The summed E-state index contributed by atoms with van der Waals surface area (Å²) < 4.78 is 5.26. The van der Waals surface area contributed by atoms with Crippen LogP contribution < -0.4 is 15.0 Å². The largest absolute Gasteiger partial charge is 0.497 e. The van der Waals surface area contributed by atoms with Crippen LogP contribution in [0.2, 0.25) is 0 Å². The monoisotopic (exact) mass is 415 g/mol. The van der Waals surface area contributed by atoms with Gasteiger partial charge in [-0.2, -0.15) is 0 Å². The fraction of sp³-hybridized carbons (Fsp3) is 0.240. The molecule has 1 aromatic heterocycles. The van der Waals surface area contributed by atoms with Gasteiger partial charge in [-0.05, 0) is 53.9 Å². The van der Waals surface area contributed by atoms with E-state index in [1.165, 1.54) is 0 Å². The molecule has 3 aromatic rings. The van der Waals surface area contributed by atoms with Crippen molar-refractivity contribution >= 4 is 17.5 Å². The van der Waals surface area contributed by atoms with Gasteiger partial charge in [-0.3, -0.25) is 14.6 Å². The van der Waals surface area contributed by atoms with E-state index < -0.39 is 0 Å². The number of benzene rings is 2. The van der Waals surface area contributed by atoms with Gasteiger partial charge in [-0.25, -0.2) is 0 Å². The summed E-state index contributed by atoms with van der Waals surface area (Å²) in [6, 6.07) is 20.5. The fourth-order valence-corrected chi connectivity index (χ4v) is 4.07. The minimum absolute atomic E-state index is 0.0113. The molecular formula is C25H25N3O3. The summed E-state index contributed by atoms with van der Waals surface area (Å²) in [5, 5.41) is 3.05. The molecule has 1 aliphatic heterocycles. The molecule has 31 heavy (non-hydrogen) atoms. The van der Waals surface area contributed by atoms with Crippen LogP contribution in [0.3, 0.4) is 0 Å². The number of carbonyl (C=O) groups excluding carboxylic acids is 2. The van der Waals surface area contributed by atoms with E-state index in [9.17, 15) is 9.59 Å². The number of nitrogens with zero attached hydrogens (tertiary/aromatic N) is 2. The molecule has 0 spiro atoms. The number of anilines is 1. The highest BCUT2D eigenvalue weighted by atomic mass is 16.5. The van der Waals surface area contributed by atoms with Crippen molar-refractivity contribution in [2.24, 2.45) is 5.92 Å². The van der Waals surface area contributed by atoms with Gasteiger partial charge >= 0.3 is 0 Å². The van der Waals surface area contributed by atoms with E-state index >= 15 is 0 Å². The Kier molecular flexibility index (Phi) is 6.26. The van der Waals surface area contributed by atoms with Gasteiger partial charge in [0.05, 0.1) is 19.1 Å². The van der Waals surface area contributed by atoms with Gasteiger partial charge in [0.25, 0.3) is 0 Å². The zero-order valence-electron chi connectivity index (χ0n) is 17.4. The maximum atomic E-state index is 13.3. The van der Waals surface area contributed by atoms with Crippen molar-refractivity contribution in [1.82, 2.24) is 10.3 Å². The third-order valence-corrected chi connectivity index (χ3v) is 5.64. The molecule has 0 unspecified atom stereocenters. The van der Waals surface area contributed by atoms with Crippen LogP contribution in [0.15, 0.2) is 79.1 Å². The highest BCUT2D eigenvalue weighted by molar-refractivity contribution is 5.97. The van der Waals surface area contributed by atoms with Crippen LogP contribution in [0.1, 0.15) is 30.0 Å². The predicted molar refractivity (Wildman–Crippen MR) is 118 cm³/mol. The summed E-state index contributed by atoms with van der Waals surface area (Å²) >= 11 is 0. The first-order valence-electron chi connectivity index (χ1n) is 10.3. The van der Waals surface area contributed by atoms with E-state index in [0.29, 0.717) is 19.4 Å². The number of rotatable bonds is 6. The van der Waals surface area contributed by atoms with Crippen LogP contribution in [-0.4, -0.2) is 23.9 Å². The Bertz CT molecular complexity index is 1020. The second-order valence-corrected chi connectivity index (χ2v) is 7.54. The topological polar surface area (TPSA) is 71.5 Å². The van der Waals surface area contributed by atoms with Crippen LogP contribution in [0.25, 0.3) is 0 Å². The van der Waals surface area contributed by atoms with Crippen molar-refractivity contribution in [2.45, 2.75) is 25.4 Å². The summed E-state index contributed by atoms with van der Waals surface area (Å²) in [6.45, 7) is 0.426. The Balaban J connectivity index is 1.65. The predicted octanol–water partition coefficient (Wildman–Crippen LogP) is 3.89. The number of amides is 2. The first kappa shape index (κ1) is 20.6. The number of pyridine rings is 1. The average molecular weight is 415 g/mol. The van der Waals surface area contributed by atoms with E-state index in [-0.39, 0.29) is 23.8 Å². The number of carbonyl (C=O) groups is 2. The lowest BCUT2D eigenvalue weighted by Crippen LogP contribution is -2.48. The molecule has 4 rings (SSSR count). The van der Waals surface area contributed by atoms with Gasteiger partial charge in [0.15, 0.2) is 0 Å². The first-order chi connectivity index (χ1) is 15.2. The average Bonchev–Trinajstić information content (AvgIpc) is 2.83. The summed E-state index contributed by atoms with van der Waals surface area (Å²) in [7, 11) is 1.61. The van der Waals surface area contributed by atoms with Crippen LogP contribution in [0.4, 0.5) is 5.69 Å². The standard InChI is InChI=1S/C25H25N3O3/c1-31-21-9-7-20(8-10-21)28-23(29)12-11-22(24(28)19-5-3-2-4-6-19)25(30)27-17-18-13-15-26-16-14-18/h2-10,13-16,22,24H,11-12,17H2,1H3,(H,27,30)/t22-,24-/m1/s1. The van der Waals surface area contributed by atoms with Crippen molar-refractivity contribution in [2.75, 3.05) is 12.0 Å². The Morgan fingerprint density at radius 2 is 1.77 bits per heavy atom. The second kappa shape index (κ2) is 9.43. The molecule has 1 saturated heterocycles. The van der Waals surface area contributed by atoms with Crippen molar-refractivity contribution in [3.8, 4) is 5.75 Å². The molecule has 2 aromatic carbocycles. The maximum Gasteiger partial charge on any atom is 0.227 e. The van der Waals surface area contributed by atoms with Gasteiger partial charge in [-0.1, -0.05) is 30.3 Å². The summed E-state index contributed by atoms with van der Waals surface area (Å²) in [5.41, 5.74) is 2.68. The lowest BCUT2D eigenvalue weighted by molar-refractivity contribution is -0.129. The summed E-state index contributed by atoms with van der Waals surface area (Å²) in [6.07, 6.45) is 4.24. The molecular weight excluding hydrogens is 390 g/mol. The highest BCUT2D eigenvalue weighted by Gasteiger charge is 2.41. The Morgan fingerprint density at radius 3 is 2.45 bits per heavy atom. The lowest BCUT2D eigenvalue weighted by atomic mass is 9.83. The normalized spacial score (nSPS) is 18.5. The molecule has 1 fully saturated rings. The quantitative estimate of drug-likeness (QED) is 0.663. The minimum atomic E-state index is -0.381. The van der Waals surface area contributed by atoms with Gasteiger partial charge in [0, 0.05) is 31.0 Å². The number of aromatic nitrogens is 1. The fourth-order valence-electron chi connectivity index (χ4n) is 4.07. The molecule has 158 valence electrons. The van der Waals surface area contributed by atoms with Crippen LogP contribution in [0.5, 0.6) is 5.75 Å². The van der Waals surface area contributed by atoms with Crippen molar-refractivity contribution in [3.05, 3.63) is 90.3 Å². The number of methoxy groups -OCH3 is 1. The summed E-state index contributed by atoms with van der Waals surface area (Å²) in [4.78, 5) is 32.1. The second-order valence-electron chi connectivity index (χ2n) is 7.54. The molecule has 6 heteroatoms. The molecule has 2 heterocycles. The molecule has 0 bridgehead atoms. The van der Waals surface area contributed by atoms with Crippen molar-refractivity contribution in [3.63, 3.8) is 0 Å². The molecule has 2 atom stereocenters. The van der Waals surface area contributed by atoms with Crippen LogP contribution >= 0.6 is 0 Å². The molecule has 0 saturated carbocycles. The van der Waals surface area contributed by atoms with Gasteiger partial charge in [0.2, 0.25) is 11.8 Å². The number of hydrogen-bond acceptors (Lipinski definition) is 4. The number of nitrogens with one attached hydrogen (secondary N) is 1. The Labute approximate surface area is 181 Å². The SMILES string of the molecule is COc1ccc(N2C(=O)CC[C@@H](C(=O)NCc3ccncc3)[C@H]2c2ccccc2)cc1. The van der Waals surface area contributed by atoms with E-state index in [1.54, 1.807) is 24.4 Å². The third kappa shape index (κ3) is 4.58. The van der Waals surface area contributed by atoms with E-state index in [0.717, 1.165) is 22.6 Å². The van der Waals surface area contributed by atoms with E-state index in [4.69, 9.17) is 4.74 Å². The van der Waals surface area contributed by atoms with E-state index in [2.05, 4.69) is 10.3 Å². The number of hydrogen-bond donors (Lipinski definition) is 1. The summed E-state index contributed by atoms with van der Waals surface area (Å²) in [5.74, 6) is 0.314. The molecule has 1 aliphatic rings. The zero-order chi connectivity index (χ0) is 21.6. The smallest absolute Gasteiger partial charge is 0.227 e. The van der Waals surface area contributed by atoms with Gasteiger partial charge in [-0.15, -0.1) is 0 Å².